The van der Waals surface area contributed by atoms with Crippen molar-refractivity contribution in [1.29, 1.82) is 0 Å². The molecule has 2 N–H and O–H groups in total. The van der Waals surface area contributed by atoms with Crippen LogP contribution >= 0.6 is 0 Å². The topological polar surface area (TPSA) is 75.6 Å². The molecule has 0 bridgehead atoms. The first kappa shape index (κ1) is 27.2. The molecule has 0 spiro atoms. The number of carboxylic acids is 1. The number of aliphatic carboxylic acids is 1. The van der Waals surface area contributed by atoms with Gasteiger partial charge >= 0.3 is 5.97 Å². The van der Waals surface area contributed by atoms with Gasteiger partial charge in [-0.15, -0.1) is 0 Å². The molecule has 3 atom stereocenters. The van der Waals surface area contributed by atoms with Gasteiger partial charge in [-0.25, -0.2) is 0 Å². The van der Waals surface area contributed by atoms with Gasteiger partial charge < -0.3 is 15.2 Å². The van der Waals surface area contributed by atoms with Crippen molar-refractivity contribution in [3.63, 3.8) is 0 Å². The Labute approximate surface area is 178 Å². The summed E-state index contributed by atoms with van der Waals surface area (Å²) in [5.74, 6) is -1.14. The fourth-order valence-corrected chi connectivity index (χ4v) is 3.07. The summed E-state index contributed by atoms with van der Waals surface area (Å²) in [5.41, 5.74) is 1.11. The second-order valence-electron chi connectivity index (χ2n) is 7.38. The summed E-state index contributed by atoms with van der Waals surface area (Å²) < 4.78 is 5.80. The van der Waals surface area contributed by atoms with Crippen LogP contribution in [0, 0.1) is 5.92 Å². The van der Waals surface area contributed by atoms with Crippen LogP contribution in [0.15, 0.2) is 11.6 Å². The van der Waals surface area contributed by atoms with Crippen molar-refractivity contribution in [3.05, 3.63) is 11.6 Å². The van der Waals surface area contributed by atoms with E-state index in [9.17, 15) is 9.59 Å². The molecule has 1 aliphatic carbocycles. The van der Waals surface area contributed by atoms with Gasteiger partial charge in [0.2, 0.25) is 5.91 Å². The van der Waals surface area contributed by atoms with Gasteiger partial charge in [-0.05, 0) is 33.1 Å². The Morgan fingerprint density at radius 2 is 1.86 bits per heavy atom. The monoisotopic (exact) mass is 368 g/mol. The number of amides is 1. The second-order valence-corrected chi connectivity index (χ2v) is 7.38. The van der Waals surface area contributed by atoms with Crippen molar-refractivity contribution in [3.8, 4) is 0 Å². The van der Waals surface area contributed by atoms with Gasteiger partial charge in [0.15, 0.2) is 0 Å². The van der Waals surface area contributed by atoms with Crippen LogP contribution < -0.4 is 5.32 Å². The smallest absolute Gasteiger partial charge is 0.303 e. The molecule has 1 amide bonds. The summed E-state index contributed by atoms with van der Waals surface area (Å²) in [5, 5.41) is 11.8. The maximum Gasteiger partial charge on any atom is 0.303 e. The largest absolute Gasteiger partial charge is 0.481 e. The van der Waals surface area contributed by atoms with Gasteiger partial charge in [0, 0.05) is 71.8 Å². The number of ether oxygens (including phenoxy) is 1. The van der Waals surface area contributed by atoms with Crippen LogP contribution in [0.2, 0.25) is 0 Å². The molecular weight excluding hydrogens is 343 g/mol. The Morgan fingerprint density at radius 1 is 1.32 bits per heavy atom. The number of carbonyl (C=O) groups is 2. The Bertz CT molecular complexity index is 525. The Balaban J connectivity index is 0.000000684. The van der Waals surface area contributed by atoms with Crippen LogP contribution in [0.1, 0.15) is 40.5 Å². The van der Waals surface area contributed by atoms with Gasteiger partial charge in [0.25, 0.3) is 0 Å². The first-order valence-corrected chi connectivity index (χ1v) is 9.28. The number of hydrogen-bond acceptors (Lipinski definition) is 3. The minimum Gasteiger partial charge on any atom is -0.481 e. The van der Waals surface area contributed by atoms with Gasteiger partial charge in [-0.2, -0.15) is 0 Å². The van der Waals surface area contributed by atoms with Crippen LogP contribution in [0.5, 0.6) is 0 Å². The maximum atomic E-state index is 11.3. The SMILES string of the molecule is CC(=O)N[C@@H]1[C@@H](CC(=O)O)CC(C)=C[C@H]1OC(C)C.[B][B]B(B([B])[B])B([B])[B]. The van der Waals surface area contributed by atoms with Crippen LogP contribution in [0.25, 0.3) is 0 Å². The first-order valence-electron chi connectivity index (χ1n) is 9.28. The van der Waals surface area contributed by atoms with Crippen LogP contribution in [-0.4, -0.2) is 100 Å². The van der Waals surface area contributed by atoms with E-state index in [-0.39, 0.29) is 42.9 Å². The predicted octanol–water partition coefficient (Wildman–Crippen LogP) is -1.70. The molecule has 1 rings (SSSR count). The number of rotatable bonds is 8. The van der Waals surface area contributed by atoms with Crippen molar-refractivity contribution in [1.82, 2.24) is 5.32 Å². The summed E-state index contributed by atoms with van der Waals surface area (Å²) >= 11 is 0. The summed E-state index contributed by atoms with van der Waals surface area (Å²) in [4.78, 5) is 22.3. The number of hydrogen-bond donors (Lipinski definition) is 2. The lowest BCUT2D eigenvalue weighted by Gasteiger charge is -2.37. The minimum atomic E-state index is -0.849. The van der Waals surface area contributed by atoms with Gasteiger partial charge in [0.1, 0.15) is 0 Å². The zero-order valence-corrected chi connectivity index (χ0v) is 17.2. The van der Waals surface area contributed by atoms with E-state index in [0.29, 0.717) is 6.42 Å². The molecule has 0 fully saturated rings. The first-order chi connectivity index (χ1) is 12.9. The van der Waals surface area contributed by atoms with Crippen molar-refractivity contribution in [2.75, 3.05) is 0 Å². The highest BCUT2D eigenvalue weighted by Gasteiger charge is 2.35. The van der Waals surface area contributed by atoms with Crippen LogP contribution in [0.4, 0.5) is 0 Å². The van der Waals surface area contributed by atoms with E-state index in [1.54, 1.807) is 0 Å². The zero-order chi connectivity index (χ0) is 22.0. The standard InChI is InChI=1S/C14H23NO4.B9/c1-8(2)19-12-6-9(3)5-11(7-13(17)18)14(12)15-10(4)16;1-6-9(7(2)3)8(4)5/h6,8,11-12,14H,5,7H2,1-4H3,(H,15,16)(H,17,18);/t11-,12-,14-;/m1./s1. The molecule has 5 nitrogen and oxygen atoms in total. The zero-order valence-electron chi connectivity index (χ0n) is 17.2. The highest BCUT2D eigenvalue weighted by molar-refractivity contribution is 7.93. The average molecular weight is 367 g/mol. The molecule has 0 aromatic heterocycles. The quantitative estimate of drug-likeness (QED) is 0.397. The Hall–Kier alpha value is -0.776. The highest BCUT2D eigenvalue weighted by Crippen LogP contribution is 2.29. The van der Waals surface area contributed by atoms with Crippen molar-refractivity contribution >= 4 is 76.8 Å². The summed E-state index contributed by atoms with van der Waals surface area (Å²) in [7, 11) is 27.5. The van der Waals surface area contributed by atoms with E-state index in [1.165, 1.54) is 14.0 Å². The number of allylic oxidation sites excluding steroid dienone is 1. The van der Waals surface area contributed by atoms with E-state index in [2.05, 4.69) is 5.32 Å². The molecule has 135 valence electrons. The molecule has 0 aromatic rings. The van der Waals surface area contributed by atoms with E-state index >= 15 is 0 Å². The lowest BCUT2D eigenvalue weighted by atomic mass is 8.64. The molecule has 1 aliphatic rings. The molecule has 0 saturated heterocycles. The molecule has 14 heteroatoms. The van der Waals surface area contributed by atoms with Crippen LogP contribution in [0.3, 0.4) is 0 Å². The molecule has 0 aliphatic heterocycles. The lowest BCUT2D eigenvalue weighted by molar-refractivity contribution is -0.139. The molecule has 0 heterocycles. The van der Waals surface area contributed by atoms with E-state index in [1.807, 2.05) is 26.8 Å². The fraction of sp³-hybridized carbons (Fsp3) is 0.714. The van der Waals surface area contributed by atoms with Crippen molar-refractivity contribution in [2.24, 2.45) is 5.92 Å². The fourth-order valence-electron chi connectivity index (χ4n) is 3.07. The normalized spacial score (nSPS) is 20.9. The third kappa shape index (κ3) is 10.7. The summed E-state index contributed by atoms with van der Waals surface area (Å²) in [6, 6.07) is -0.278. The Morgan fingerprint density at radius 3 is 2.18 bits per heavy atom. The van der Waals surface area contributed by atoms with Gasteiger partial charge in [-0.1, -0.05) is 11.6 Å². The molecule has 0 unspecified atom stereocenters. The third-order valence-electron chi connectivity index (χ3n) is 4.24. The maximum absolute atomic E-state index is 11.3. The second kappa shape index (κ2) is 13.4. The Kier molecular flexibility index (Phi) is 13.1. The van der Waals surface area contributed by atoms with Gasteiger partial charge in [0.05, 0.1) is 24.7 Å². The third-order valence-corrected chi connectivity index (χ3v) is 4.24. The average Bonchev–Trinajstić information content (AvgIpc) is 2.49. The van der Waals surface area contributed by atoms with Crippen LogP contribution in [-0.2, 0) is 14.3 Å². The van der Waals surface area contributed by atoms with Crippen molar-refractivity contribution < 1.29 is 19.4 Å². The molecule has 0 saturated carbocycles. The number of carbonyl (C=O) groups excluding carboxylic acids is 1. The highest BCUT2D eigenvalue weighted by atomic mass is 16.5. The molecule has 11 radical (unpaired) electrons. The van der Waals surface area contributed by atoms with E-state index < -0.39 is 18.7 Å². The molecule has 28 heavy (non-hydrogen) atoms. The lowest BCUT2D eigenvalue weighted by Crippen LogP contribution is -2.55. The minimum absolute atomic E-state index is 0.0221. The predicted molar refractivity (Wildman–Crippen MR) is 124 cm³/mol. The summed E-state index contributed by atoms with van der Waals surface area (Å²) in [6.45, 7) is 7.26. The summed E-state index contributed by atoms with van der Waals surface area (Å²) in [6.07, 6.45) is 0.994. The number of nitrogens with one attached hydrogen (secondary N) is 1. The van der Waals surface area contributed by atoms with E-state index in [0.717, 1.165) is 5.57 Å². The molecular formula is C14H23B9NO4. The van der Waals surface area contributed by atoms with Gasteiger partial charge in [-0.3, -0.25) is 9.59 Å². The molecule has 0 aromatic carbocycles. The van der Waals surface area contributed by atoms with E-state index in [4.69, 9.17) is 48.5 Å². The number of carboxylic acid groups (broad SMARTS) is 1. The van der Waals surface area contributed by atoms with Crippen molar-refractivity contribution in [2.45, 2.75) is 58.8 Å².